The first-order chi connectivity index (χ1) is 7.82. The first kappa shape index (κ1) is 12.7. The third-order valence-corrected chi connectivity index (χ3v) is 1.88. The van der Waals surface area contributed by atoms with Gasteiger partial charge in [-0.1, -0.05) is 0 Å². The van der Waals surface area contributed by atoms with Gasteiger partial charge in [-0.25, -0.2) is 13.8 Å². The Kier molecular flexibility index (Phi) is 3.51. The third-order valence-electron chi connectivity index (χ3n) is 1.88. The number of aromatic nitrogens is 1. The van der Waals surface area contributed by atoms with Crippen LogP contribution in [0.15, 0.2) is 10.9 Å². The Hall–Kier alpha value is -2.32. The van der Waals surface area contributed by atoms with Gasteiger partial charge in [-0.15, -0.1) is 0 Å². The van der Waals surface area contributed by atoms with Gasteiger partial charge in [0, 0.05) is 0 Å². The number of nitrogens with one attached hydrogen (secondary N) is 1. The maximum Gasteiger partial charge on any atom is 0.324 e. The first-order valence-electron chi connectivity index (χ1n) is 4.23. The number of halogens is 2. The monoisotopic (exact) mass is 248 g/mol. The van der Waals surface area contributed by atoms with Crippen LogP contribution in [0.2, 0.25) is 0 Å². The summed E-state index contributed by atoms with van der Waals surface area (Å²) in [4.78, 5) is 32.9. The lowest BCUT2D eigenvalue weighted by atomic mass is 10.1. The van der Waals surface area contributed by atoms with Crippen molar-refractivity contribution < 1.29 is 23.6 Å². The Bertz CT molecular complexity index is 525. The standard InChI is InChI=1S/C8H6F2N2O5/c9-8(10)7-3(1-6(14)15)11-5(12(16)17)2-4(7)13/h2,8H,1H2,(H,11,13)(H,14,15). The molecule has 0 saturated heterocycles. The molecule has 17 heavy (non-hydrogen) atoms. The van der Waals surface area contributed by atoms with E-state index >= 15 is 0 Å². The molecule has 0 aliphatic heterocycles. The van der Waals surface area contributed by atoms with Crippen LogP contribution in [-0.4, -0.2) is 21.0 Å². The van der Waals surface area contributed by atoms with Crippen molar-refractivity contribution in [1.82, 2.24) is 4.98 Å². The number of aliphatic carboxylic acids is 1. The molecule has 0 atom stereocenters. The Morgan fingerprint density at radius 3 is 2.59 bits per heavy atom. The highest BCUT2D eigenvalue weighted by molar-refractivity contribution is 5.70. The van der Waals surface area contributed by atoms with Crippen LogP contribution >= 0.6 is 0 Å². The smallest absolute Gasteiger partial charge is 0.324 e. The number of hydrogen-bond acceptors (Lipinski definition) is 4. The summed E-state index contributed by atoms with van der Waals surface area (Å²) in [5.74, 6) is -2.31. The molecule has 1 rings (SSSR count). The van der Waals surface area contributed by atoms with Crippen LogP contribution in [0.5, 0.6) is 0 Å². The lowest BCUT2D eigenvalue weighted by molar-refractivity contribution is -0.389. The van der Waals surface area contributed by atoms with E-state index in [1.807, 2.05) is 4.98 Å². The Balaban J connectivity index is 3.44. The zero-order chi connectivity index (χ0) is 13.2. The molecule has 0 spiro atoms. The summed E-state index contributed by atoms with van der Waals surface area (Å²) in [5.41, 5.74) is -2.98. The molecule has 1 aromatic rings. The van der Waals surface area contributed by atoms with Crippen LogP contribution in [0.3, 0.4) is 0 Å². The van der Waals surface area contributed by atoms with Gasteiger partial charge in [-0.3, -0.25) is 9.59 Å². The number of H-pyrrole nitrogens is 1. The second-order valence-corrected chi connectivity index (χ2v) is 3.04. The fraction of sp³-hybridized carbons (Fsp3) is 0.250. The van der Waals surface area contributed by atoms with E-state index in [0.717, 1.165) is 0 Å². The van der Waals surface area contributed by atoms with E-state index in [1.165, 1.54) is 0 Å². The molecule has 0 amide bonds. The van der Waals surface area contributed by atoms with E-state index in [1.54, 1.807) is 0 Å². The summed E-state index contributed by atoms with van der Waals surface area (Å²) in [6.07, 6.45) is -4.12. The zero-order valence-electron chi connectivity index (χ0n) is 8.15. The molecule has 0 bridgehead atoms. The molecule has 7 nitrogen and oxygen atoms in total. The quantitative estimate of drug-likeness (QED) is 0.605. The van der Waals surface area contributed by atoms with Crippen molar-refractivity contribution in [1.29, 1.82) is 0 Å². The molecule has 2 N–H and O–H groups in total. The Morgan fingerprint density at radius 2 is 2.18 bits per heavy atom. The SMILES string of the molecule is O=C(O)Cc1[nH]c([N+](=O)[O-])cc(=O)c1C(F)F. The van der Waals surface area contributed by atoms with Gasteiger partial charge in [-0.05, 0) is 4.92 Å². The second kappa shape index (κ2) is 4.68. The van der Waals surface area contributed by atoms with Crippen LogP contribution in [-0.2, 0) is 11.2 Å². The predicted molar refractivity (Wildman–Crippen MR) is 50.0 cm³/mol. The van der Waals surface area contributed by atoms with Gasteiger partial charge in [-0.2, -0.15) is 0 Å². The number of hydrogen-bond donors (Lipinski definition) is 2. The summed E-state index contributed by atoms with van der Waals surface area (Å²) < 4.78 is 25.0. The van der Waals surface area contributed by atoms with E-state index in [9.17, 15) is 28.5 Å². The van der Waals surface area contributed by atoms with Gasteiger partial charge in [0.2, 0.25) is 0 Å². The van der Waals surface area contributed by atoms with Crippen molar-refractivity contribution >= 4 is 11.8 Å². The minimum atomic E-state index is -3.20. The summed E-state index contributed by atoms with van der Waals surface area (Å²) in [6, 6.07) is 0.396. The number of carbonyl (C=O) groups is 1. The number of pyridine rings is 1. The van der Waals surface area contributed by atoms with Crippen LogP contribution in [0.25, 0.3) is 0 Å². The van der Waals surface area contributed by atoms with Crippen LogP contribution < -0.4 is 5.43 Å². The number of rotatable bonds is 4. The molecule has 0 unspecified atom stereocenters. The highest BCUT2D eigenvalue weighted by Crippen LogP contribution is 2.20. The molecule has 1 aromatic heterocycles. The van der Waals surface area contributed by atoms with E-state index in [4.69, 9.17) is 5.11 Å². The Morgan fingerprint density at radius 1 is 1.59 bits per heavy atom. The van der Waals surface area contributed by atoms with E-state index in [0.29, 0.717) is 6.07 Å². The average Bonchev–Trinajstić information content (AvgIpc) is 2.14. The van der Waals surface area contributed by atoms with Crippen LogP contribution in [0, 0.1) is 10.1 Å². The maximum atomic E-state index is 12.5. The molecular formula is C8H6F2N2O5. The number of carboxylic acids is 1. The molecular weight excluding hydrogens is 242 g/mol. The topological polar surface area (TPSA) is 113 Å². The summed E-state index contributed by atoms with van der Waals surface area (Å²) in [6.45, 7) is 0. The molecule has 92 valence electrons. The van der Waals surface area contributed by atoms with E-state index < -0.39 is 46.2 Å². The van der Waals surface area contributed by atoms with Crippen molar-refractivity contribution in [3.63, 3.8) is 0 Å². The normalized spacial score (nSPS) is 10.5. The lowest BCUT2D eigenvalue weighted by Crippen LogP contribution is -2.18. The van der Waals surface area contributed by atoms with Gasteiger partial charge in [0.25, 0.3) is 6.43 Å². The maximum absolute atomic E-state index is 12.5. The molecule has 0 aliphatic rings. The third kappa shape index (κ3) is 2.83. The molecule has 0 aliphatic carbocycles. The lowest BCUT2D eigenvalue weighted by Gasteiger charge is -2.04. The average molecular weight is 248 g/mol. The summed E-state index contributed by atoms with van der Waals surface area (Å²) in [7, 11) is 0. The number of carboxylic acid groups (broad SMARTS) is 1. The van der Waals surface area contributed by atoms with Gasteiger partial charge in [0.1, 0.15) is 17.7 Å². The molecule has 0 aromatic carbocycles. The van der Waals surface area contributed by atoms with Crippen LogP contribution in [0.4, 0.5) is 14.6 Å². The highest BCUT2D eigenvalue weighted by atomic mass is 19.3. The fourth-order valence-corrected chi connectivity index (χ4v) is 1.24. The van der Waals surface area contributed by atoms with Crippen molar-refractivity contribution in [2.45, 2.75) is 12.8 Å². The van der Waals surface area contributed by atoms with Gasteiger partial charge >= 0.3 is 11.8 Å². The molecule has 0 saturated carbocycles. The van der Waals surface area contributed by atoms with Gasteiger partial charge in [0.05, 0.1) is 6.07 Å². The Labute approximate surface area is 91.8 Å². The highest BCUT2D eigenvalue weighted by Gasteiger charge is 2.24. The molecule has 0 radical (unpaired) electrons. The number of alkyl halides is 2. The minimum absolute atomic E-state index is 0.396. The van der Waals surface area contributed by atoms with Gasteiger partial charge < -0.3 is 15.2 Å². The zero-order valence-corrected chi connectivity index (χ0v) is 8.15. The molecule has 1 heterocycles. The van der Waals surface area contributed by atoms with Crippen molar-refractivity contribution in [2.75, 3.05) is 0 Å². The van der Waals surface area contributed by atoms with E-state index in [2.05, 4.69) is 0 Å². The van der Waals surface area contributed by atoms with Crippen molar-refractivity contribution in [3.05, 3.63) is 37.7 Å². The molecule has 0 fully saturated rings. The first-order valence-corrected chi connectivity index (χ1v) is 4.23. The number of nitro groups is 1. The summed E-state index contributed by atoms with van der Waals surface area (Å²) in [5, 5.41) is 18.8. The number of nitrogens with zero attached hydrogens (tertiary/aromatic N) is 1. The van der Waals surface area contributed by atoms with Crippen molar-refractivity contribution in [2.24, 2.45) is 0 Å². The summed E-state index contributed by atoms with van der Waals surface area (Å²) >= 11 is 0. The number of aromatic amines is 1. The van der Waals surface area contributed by atoms with Gasteiger partial charge in [0.15, 0.2) is 5.43 Å². The van der Waals surface area contributed by atoms with Crippen molar-refractivity contribution in [3.8, 4) is 0 Å². The minimum Gasteiger partial charge on any atom is -0.481 e. The fourth-order valence-electron chi connectivity index (χ4n) is 1.24. The van der Waals surface area contributed by atoms with E-state index in [-0.39, 0.29) is 0 Å². The second-order valence-electron chi connectivity index (χ2n) is 3.04. The molecule has 9 heteroatoms. The van der Waals surface area contributed by atoms with Crippen LogP contribution in [0.1, 0.15) is 17.7 Å². The largest absolute Gasteiger partial charge is 0.481 e. The predicted octanol–water partition coefficient (Wildman–Crippen LogP) is 0.848.